The second kappa shape index (κ2) is 5.16. The fourth-order valence-corrected chi connectivity index (χ4v) is 3.76. The van der Waals surface area contributed by atoms with Crippen molar-refractivity contribution < 1.29 is 9.84 Å². The molecule has 0 saturated carbocycles. The van der Waals surface area contributed by atoms with Crippen LogP contribution in [0, 0.1) is 5.92 Å². The van der Waals surface area contributed by atoms with Gasteiger partial charge in [0.25, 0.3) is 0 Å². The second-order valence-corrected chi connectivity index (χ2v) is 6.42. The summed E-state index contributed by atoms with van der Waals surface area (Å²) in [4.78, 5) is 0.936. The number of ether oxygens (including phenoxy) is 1. The van der Waals surface area contributed by atoms with Gasteiger partial charge in [-0.15, -0.1) is 11.3 Å². The molecule has 0 aliphatic heterocycles. The van der Waals surface area contributed by atoms with Gasteiger partial charge in [0.15, 0.2) is 0 Å². The first kappa shape index (κ1) is 13.8. The van der Waals surface area contributed by atoms with E-state index < -0.39 is 0 Å². The quantitative estimate of drug-likeness (QED) is 0.852. The predicted octanol–water partition coefficient (Wildman–Crippen LogP) is 5.12. The van der Waals surface area contributed by atoms with Crippen LogP contribution in [0.4, 0.5) is 0 Å². The Morgan fingerprint density at radius 1 is 1.33 bits per heavy atom. The van der Waals surface area contributed by atoms with Gasteiger partial charge in [-0.3, -0.25) is 0 Å². The van der Waals surface area contributed by atoms with E-state index in [1.807, 2.05) is 0 Å². The molecular formula is C13H14Cl2O2S. The smallest absolute Gasteiger partial charge is 0.139 e. The van der Waals surface area contributed by atoms with Gasteiger partial charge in [0.05, 0.1) is 16.8 Å². The van der Waals surface area contributed by atoms with Gasteiger partial charge in [-0.05, 0) is 18.4 Å². The molecule has 0 bridgehead atoms. The molecule has 2 nitrogen and oxygen atoms in total. The van der Waals surface area contributed by atoms with Crippen molar-refractivity contribution in [1.29, 1.82) is 0 Å². The maximum atomic E-state index is 10.2. The molecule has 0 unspecified atom stereocenters. The lowest BCUT2D eigenvalue weighted by molar-refractivity contribution is 0.415. The number of fused-ring (bicyclic) bond motifs is 1. The van der Waals surface area contributed by atoms with Crippen molar-refractivity contribution in [3.05, 3.63) is 21.0 Å². The number of rotatable bonds is 3. The van der Waals surface area contributed by atoms with Gasteiger partial charge in [-0.25, -0.2) is 0 Å². The standard InChI is InChI=1S/C13H14Cl2O2S/c1-6(2)4-9-12(16)7-5-8(17-3)10(14)11(15)13(7)18-9/h5-6,16H,4H2,1-3H3. The molecule has 0 fully saturated rings. The summed E-state index contributed by atoms with van der Waals surface area (Å²) in [5, 5.41) is 11.8. The van der Waals surface area contributed by atoms with Crippen LogP contribution in [0.1, 0.15) is 18.7 Å². The Morgan fingerprint density at radius 3 is 2.56 bits per heavy atom. The Morgan fingerprint density at radius 2 is 2.00 bits per heavy atom. The number of thiophene rings is 1. The summed E-state index contributed by atoms with van der Waals surface area (Å²) >= 11 is 13.8. The van der Waals surface area contributed by atoms with Crippen molar-refractivity contribution in [3.8, 4) is 11.5 Å². The number of hydrogen-bond donors (Lipinski definition) is 1. The molecule has 0 atom stereocenters. The predicted molar refractivity (Wildman–Crippen MR) is 78.6 cm³/mol. The van der Waals surface area contributed by atoms with Crippen molar-refractivity contribution in [2.24, 2.45) is 5.92 Å². The molecule has 1 aromatic carbocycles. The third-order valence-electron chi connectivity index (χ3n) is 2.69. The molecule has 0 saturated heterocycles. The van der Waals surface area contributed by atoms with Gasteiger partial charge in [0.1, 0.15) is 16.5 Å². The fraction of sp³-hybridized carbons (Fsp3) is 0.385. The highest BCUT2D eigenvalue weighted by atomic mass is 35.5. The normalized spacial score (nSPS) is 11.4. The first-order chi connectivity index (χ1) is 8.45. The van der Waals surface area contributed by atoms with E-state index >= 15 is 0 Å². The lowest BCUT2D eigenvalue weighted by Gasteiger charge is -2.05. The summed E-state index contributed by atoms with van der Waals surface area (Å²) in [5.41, 5.74) is 0. The minimum Gasteiger partial charge on any atom is -0.506 e. The van der Waals surface area contributed by atoms with Crippen molar-refractivity contribution in [2.45, 2.75) is 20.3 Å². The van der Waals surface area contributed by atoms with Crippen LogP contribution < -0.4 is 4.74 Å². The van der Waals surface area contributed by atoms with Gasteiger partial charge in [-0.2, -0.15) is 0 Å². The molecule has 0 spiro atoms. The van der Waals surface area contributed by atoms with Crippen LogP contribution in [-0.2, 0) is 6.42 Å². The number of halogens is 2. The van der Waals surface area contributed by atoms with Crippen molar-refractivity contribution in [1.82, 2.24) is 0 Å². The lowest BCUT2D eigenvalue weighted by Crippen LogP contribution is -1.90. The Bertz CT molecular complexity index is 590. The van der Waals surface area contributed by atoms with Crippen LogP contribution in [0.5, 0.6) is 11.5 Å². The SMILES string of the molecule is COc1cc2c(O)c(CC(C)C)sc2c(Cl)c1Cl. The minimum absolute atomic E-state index is 0.292. The van der Waals surface area contributed by atoms with Crippen LogP contribution in [0.15, 0.2) is 6.07 Å². The molecule has 2 aromatic rings. The molecule has 1 N–H and O–H groups in total. The fourth-order valence-electron chi connectivity index (χ4n) is 1.84. The molecule has 18 heavy (non-hydrogen) atoms. The monoisotopic (exact) mass is 304 g/mol. The highest BCUT2D eigenvalue weighted by Crippen LogP contribution is 2.47. The molecule has 5 heteroatoms. The van der Waals surface area contributed by atoms with E-state index in [1.54, 1.807) is 6.07 Å². The van der Waals surface area contributed by atoms with Gasteiger partial charge in [-0.1, -0.05) is 37.0 Å². The van der Waals surface area contributed by atoms with Crippen LogP contribution >= 0.6 is 34.5 Å². The zero-order valence-corrected chi connectivity index (χ0v) is 12.7. The molecule has 1 aromatic heterocycles. The van der Waals surface area contributed by atoms with E-state index in [4.69, 9.17) is 27.9 Å². The maximum Gasteiger partial charge on any atom is 0.139 e. The molecule has 2 rings (SSSR count). The first-order valence-electron chi connectivity index (χ1n) is 5.62. The molecule has 0 aliphatic carbocycles. The average Bonchev–Trinajstić information content (AvgIpc) is 2.61. The topological polar surface area (TPSA) is 29.5 Å². The van der Waals surface area contributed by atoms with Crippen LogP contribution in [0.2, 0.25) is 10.0 Å². The number of benzene rings is 1. The molecule has 1 heterocycles. The molecular weight excluding hydrogens is 291 g/mol. The first-order valence-corrected chi connectivity index (χ1v) is 7.19. The Hall–Kier alpha value is -0.640. The summed E-state index contributed by atoms with van der Waals surface area (Å²) in [6.07, 6.45) is 0.821. The Labute approximate surface area is 120 Å². The molecule has 98 valence electrons. The molecule has 0 radical (unpaired) electrons. The maximum absolute atomic E-state index is 10.2. The van der Waals surface area contributed by atoms with Gasteiger partial charge >= 0.3 is 0 Å². The van der Waals surface area contributed by atoms with Gasteiger partial charge in [0.2, 0.25) is 0 Å². The third-order valence-corrected chi connectivity index (χ3v) is 4.88. The van der Waals surface area contributed by atoms with Gasteiger partial charge < -0.3 is 9.84 Å². The summed E-state index contributed by atoms with van der Waals surface area (Å²) in [5.74, 6) is 1.25. The summed E-state index contributed by atoms with van der Waals surface area (Å²) in [7, 11) is 1.53. The van der Waals surface area contributed by atoms with Crippen LogP contribution in [0.3, 0.4) is 0 Å². The minimum atomic E-state index is 0.292. The Balaban J connectivity index is 2.68. The highest BCUT2D eigenvalue weighted by molar-refractivity contribution is 7.20. The number of methoxy groups -OCH3 is 1. The average molecular weight is 305 g/mol. The molecule has 0 aliphatic rings. The van der Waals surface area contributed by atoms with Crippen LogP contribution in [0.25, 0.3) is 10.1 Å². The van der Waals surface area contributed by atoms with E-state index in [0.29, 0.717) is 32.8 Å². The van der Waals surface area contributed by atoms with E-state index in [9.17, 15) is 5.11 Å². The van der Waals surface area contributed by atoms with E-state index in [-0.39, 0.29) is 0 Å². The van der Waals surface area contributed by atoms with Crippen LogP contribution in [-0.4, -0.2) is 12.2 Å². The van der Waals surface area contributed by atoms with E-state index in [1.165, 1.54) is 18.4 Å². The third kappa shape index (κ3) is 2.27. The van der Waals surface area contributed by atoms with E-state index in [2.05, 4.69) is 13.8 Å². The Kier molecular flexibility index (Phi) is 3.95. The molecule has 0 amide bonds. The largest absolute Gasteiger partial charge is 0.506 e. The number of aromatic hydroxyl groups is 1. The summed E-state index contributed by atoms with van der Waals surface area (Å²) in [6.45, 7) is 4.22. The highest BCUT2D eigenvalue weighted by Gasteiger charge is 2.19. The van der Waals surface area contributed by atoms with Crippen molar-refractivity contribution in [3.63, 3.8) is 0 Å². The zero-order chi connectivity index (χ0) is 13.4. The second-order valence-electron chi connectivity index (χ2n) is 4.56. The van der Waals surface area contributed by atoms with Crippen molar-refractivity contribution >= 4 is 44.6 Å². The zero-order valence-electron chi connectivity index (χ0n) is 10.4. The summed E-state index contributed by atoms with van der Waals surface area (Å²) < 4.78 is 5.97. The van der Waals surface area contributed by atoms with Gasteiger partial charge in [0, 0.05) is 10.3 Å². The van der Waals surface area contributed by atoms with Crippen molar-refractivity contribution in [2.75, 3.05) is 7.11 Å². The lowest BCUT2D eigenvalue weighted by atomic mass is 10.1. The number of hydrogen-bond acceptors (Lipinski definition) is 3. The summed E-state index contributed by atoms with van der Waals surface area (Å²) in [6, 6.07) is 1.74. The van der Waals surface area contributed by atoms with E-state index in [0.717, 1.165) is 16.0 Å².